The first kappa shape index (κ1) is 15.6. The van der Waals surface area contributed by atoms with Gasteiger partial charge in [0.15, 0.2) is 0 Å². The quantitative estimate of drug-likeness (QED) is 0.873. The van der Waals surface area contributed by atoms with E-state index in [9.17, 15) is 4.79 Å². The molecule has 1 aliphatic heterocycles. The van der Waals surface area contributed by atoms with Crippen molar-refractivity contribution in [2.45, 2.75) is 37.5 Å². The first-order chi connectivity index (χ1) is 11.0. The largest absolute Gasteiger partial charge is 0.345 e. The van der Waals surface area contributed by atoms with E-state index in [0.717, 1.165) is 30.5 Å². The fourth-order valence-electron chi connectivity index (χ4n) is 4.46. The Morgan fingerprint density at radius 3 is 2.48 bits per heavy atom. The van der Waals surface area contributed by atoms with Gasteiger partial charge in [-0.3, -0.25) is 4.79 Å². The maximum atomic E-state index is 12.9. The summed E-state index contributed by atoms with van der Waals surface area (Å²) < 4.78 is 1.12. The van der Waals surface area contributed by atoms with E-state index in [1.807, 2.05) is 11.9 Å². The SMILES string of the molecule is CN(CC1(c2ccc(Br)cc2)CC1)C(=O)C1CC12CCNCC2. The van der Waals surface area contributed by atoms with Gasteiger partial charge in [-0.25, -0.2) is 0 Å². The lowest BCUT2D eigenvalue weighted by molar-refractivity contribution is -0.132. The van der Waals surface area contributed by atoms with Gasteiger partial charge in [-0.15, -0.1) is 0 Å². The Labute approximate surface area is 146 Å². The molecule has 3 aliphatic rings. The van der Waals surface area contributed by atoms with Crippen molar-refractivity contribution < 1.29 is 4.79 Å². The summed E-state index contributed by atoms with van der Waals surface area (Å²) >= 11 is 3.50. The van der Waals surface area contributed by atoms with E-state index in [1.165, 1.54) is 31.2 Å². The molecule has 3 fully saturated rings. The molecule has 0 radical (unpaired) electrons. The van der Waals surface area contributed by atoms with Crippen LogP contribution in [0.1, 0.15) is 37.7 Å². The molecule has 1 N–H and O–H groups in total. The molecule has 23 heavy (non-hydrogen) atoms. The number of piperidine rings is 1. The number of hydrogen-bond acceptors (Lipinski definition) is 2. The van der Waals surface area contributed by atoms with Gasteiger partial charge in [0.25, 0.3) is 0 Å². The van der Waals surface area contributed by atoms with Crippen LogP contribution >= 0.6 is 15.9 Å². The van der Waals surface area contributed by atoms with E-state index >= 15 is 0 Å². The number of likely N-dealkylation sites (N-methyl/N-ethyl adjacent to an activating group) is 1. The molecule has 1 atom stereocenters. The summed E-state index contributed by atoms with van der Waals surface area (Å²) in [4.78, 5) is 14.9. The minimum absolute atomic E-state index is 0.210. The van der Waals surface area contributed by atoms with Gasteiger partial charge in [0.1, 0.15) is 0 Å². The fourth-order valence-corrected chi connectivity index (χ4v) is 4.73. The summed E-state index contributed by atoms with van der Waals surface area (Å²) in [6.07, 6.45) is 5.87. The van der Waals surface area contributed by atoms with Crippen LogP contribution in [0.4, 0.5) is 0 Å². The van der Waals surface area contributed by atoms with Gasteiger partial charge < -0.3 is 10.2 Å². The van der Waals surface area contributed by atoms with E-state index in [0.29, 0.717) is 11.3 Å². The number of carbonyl (C=O) groups is 1. The van der Waals surface area contributed by atoms with Crippen molar-refractivity contribution in [3.8, 4) is 0 Å². The Balaban J connectivity index is 1.41. The van der Waals surface area contributed by atoms with E-state index in [4.69, 9.17) is 0 Å². The van der Waals surface area contributed by atoms with Crippen molar-refractivity contribution >= 4 is 21.8 Å². The monoisotopic (exact) mass is 376 g/mol. The minimum atomic E-state index is 0.210. The standard InChI is InChI=1S/C19H25BrN2O/c1-22(17(23)16-12-18(16)8-10-21-11-9-18)13-19(6-7-19)14-2-4-15(20)5-3-14/h2-5,16,21H,6-13H2,1H3. The molecule has 3 nitrogen and oxygen atoms in total. The van der Waals surface area contributed by atoms with Gasteiger partial charge >= 0.3 is 0 Å². The van der Waals surface area contributed by atoms with Crippen molar-refractivity contribution in [2.24, 2.45) is 11.3 Å². The van der Waals surface area contributed by atoms with Crippen molar-refractivity contribution in [2.75, 3.05) is 26.7 Å². The van der Waals surface area contributed by atoms with Crippen LogP contribution in [0.15, 0.2) is 28.7 Å². The van der Waals surface area contributed by atoms with Gasteiger partial charge in [0.2, 0.25) is 5.91 Å². The number of halogens is 1. The van der Waals surface area contributed by atoms with Crippen molar-refractivity contribution in [3.63, 3.8) is 0 Å². The summed E-state index contributed by atoms with van der Waals surface area (Å²) in [7, 11) is 2.01. The normalized spacial score (nSPS) is 26.8. The van der Waals surface area contributed by atoms with Gasteiger partial charge in [0, 0.05) is 29.4 Å². The zero-order chi connectivity index (χ0) is 16.1. The minimum Gasteiger partial charge on any atom is -0.345 e. The molecule has 1 aromatic rings. The number of benzene rings is 1. The van der Waals surface area contributed by atoms with Crippen molar-refractivity contribution in [1.82, 2.24) is 10.2 Å². The van der Waals surface area contributed by atoms with Crippen LogP contribution < -0.4 is 5.32 Å². The predicted octanol–water partition coefficient (Wildman–Crippen LogP) is 3.33. The molecule has 1 unspecified atom stereocenters. The maximum absolute atomic E-state index is 12.9. The third kappa shape index (κ3) is 2.85. The molecule has 0 aromatic heterocycles. The molecule has 1 heterocycles. The van der Waals surface area contributed by atoms with E-state index < -0.39 is 0 Å². The van der Waals surface area contributed by atoms with Crippen LogP contribution in [0.5, 0.6) is 0 Å². The highest BCUT2D eigenvalue weighted by atomic mass is 79.9. The van der Waals surface area contributed by atoms with Crippen LogP contribution in [-0.4, -0.2) is 37.5 Å². The molecule has 2 saturated carbocycles. The summed E-state index contributed by atoms with van der Waals surface area (Å²) in [5.74, 6) is 0.672. The number of rotatable bonds is 4. The van der Waals surface area contributed by atoms with Crippen LogP contribution in [0.2, 0.25) is 0 Å². The summed E-state index contributed by atoms with van der Waals surface area (Å²) in [5.41, 5.74) is 1.93. The second-order valence-electron chi connectivity index (χ2n) is 7.85. The van der Waals surface area contributed by atoms with E-state index in [2.05, 4.69) is 45.5 Å². The Hall–Kier alpha value is -0.870. The van der Waals surface area contributed by atoms with E-state index in [-0.39, 0.29) is 11.3 Å². The first-order valence-corrected chi connectivity index (χ1v) is 9.56. The van der Waals surface area contributed by atoms with Gasteiger partial charge in [0.05, 0.1) is 0 Å². The third-order valence-corrected chi connectivity index (χ3v) is 6.84. The second-order valence-corrected chi connectivity index (χ2v) is 8.77. The predicted molar refractivity (Wildman–Crippen MR) is 95.3 cm³/mol. The average molecular weight is 377 g/mol. The molecule has 0 bridgehead atoms. The lowest BCUT2D eigenvalue weighted by Gasteiger charge is -2.27. The zero-order valence-electron chi connectivity index (χ0n) is 13.8. The van der Waals surface area contributed by atoms with Gasteiger partial charge in [-0.2, -0.15) is 0 Å². The summed E-state index contributed by atoms with van der Waals surface area (Å²) in [6.45, 7) is 3.03. The molecule has 4 heteroatoms. The first-order valence-electron chi connectivity index (χ1n) is 8.77. The molecular formula is C19H25BrN2O. The van der Waals surface area contributed by atoms with Crippen LogP contribution in [0.25, 0.3) is 0 Å². The molecule has 1 spiro atoms. The number of nitrogens with zero attached hydrogens (tertiary/aromatic N) is 1. The topological polar surface area (TPSA) is 32.3 Å². The van der Waals surface area contributed by atoms with Gasteiger partial charge in [-0.05, 0) is 68.3 Å². The highest BCUT2D eigenvalue weighted by Crippen LogP contribution is 2.59. The maximum Gasteiger partial charge on any atom is 0.226 e. The molecule has 4 rings (SSSR count). The number of nitrogens with one attached hydrogen (secondary N) is 1. The summed E-state index contributed by atoms with van der Waals surface area (Å²) in [6, 6.07) is 8.64. The Kier molecular flexibility index (Phi) is 3.80. The smallest absolute Gasteiger partial charge is 0.226 e. The third-order valence-electron chi connectivity index (χ3n) is 6.31. The number of carbonyl (C=O) groups excluding carboxylic acids is 1. The highest BCUT2D eigenvalue weighted by Gasteiger charge is 2.59. The molecule has 1 aromatic carbocycles. The number of amides is 1. The Morgan fingerprint density at radius 1 is 1.22 bits per heavy atom. The average Bonchev–Trinajstić information content (AvgIpc) is 3.46. The molecule has 2 aliphatic carbocycles. The number of hydrogen-bond donors (Lipinski definition) is 1. The highest BCUT2D eigenvalue weighted by molar-refractivity contribution is 9.10. The summed E-state index contributed by atoms with van der Waals surface area (Å²) in [5, 5.41) is 3.41. The Morgan fingerprint density at radius 2 is 1.87 bits per heavy atom. The van der Waals surface area contributed by atoms with E-state index in [1.54, 1.807) is 0 Å². The zero-order valence-corrected chi connectivity index (χ0v) is 15.4. The molecule has 1 saturated heterocycles. The van der Waals surface area contributed by atoms with Crippen molar-refractivity contribution in [3.05, 3.63) is 34.3 Å². The van der Waals surface area contributed by atoms with Crippen LogP contribution in [0, 0.1) is 11.3 Å². The lowest BCUT2D eigenvalue weighted by atomic mass is 9.91. The van der Waals surface area contributed by atoms with Gasteiger partial charge in [-0.1, -0.05) is 28.1 Å². The lowest BCUT2D eigenvalue weighted by Crippen LogP contribution is -2.38. The van der Waals surface area contributed by atoms with Crippen molar-refractivity contribution in [1.29, 1.82) is 0 Å². The molecular weight excluding hydrogens is 352 g/mol. The molecule has 1 amide bonds. The van der Waals surface area contributed by atoms with Crippen LogP contribution in [0.3, 0.4) is 0 Å². The Bertz CT molecular complexity index is 602. The van der Waals surface area contributed by atoms with Crippen LogP contribution in [-0.2, 0) is 10.2 Å². The second kappa shape index (κ2) is 5.59. The molecule has 124 valence electrons. The fraction of sp³-hybridized carbons (Fsp3) is 0.632.